The molecule has 2 heterocycles. The molecule has 0 saturated carbocycles. The smallest absolute Gasteiger partial charge is 0.339 e. The maximum absolute atomic E-state index is 11.1. The Labute approximate surface area is 223 Å². The van der Waals surface area contributed by atoms with Crippen molar-refractivity contribution in [3.05, 3.63) is 154 Å². The summed E-state index contributed by atoms with van der Waals surface area (Å²) in [4.78, 5) is 21.8. The van der Waals surface area contributed by atoms with Crippen LogP contribution in [0.5, 0.6) is 0 Å². The van der Waals surface area contributed by atoms with Crippen LogP contribution in [0.4, 0.5) is 0 Å². The summed E-state index contributed by atoms with van der Waals surface area (Å²) in [5.74, 6) is 0. The number of aryl methyl sites for hydroxylation is 1. The van der Waals surface area contributed by atoms with Gasteiger partial charge in [0, 0.05) is 22.4 Å². The summed E-state index contributed by atoms with van der Waals surface area (Å²) in [5, 5.41) is 10.1. The lowest BCUT2D eigenvalue weighted by molar-refractivity contribution is 0.555. The highest BCUT2D eigenvalue weighted by atomic mass is 16.4. The third-order valence-electron chi connectivity index (χ3n) is 6.74. The molecule has 2 aromatic heterocycles. The van der Waals surface area contributed by atoms with Gasteiger partial charge in [0.1, 0.15) is 11.2 Å². The SMILES string of the molecule is Cc1cc2ccccc2oc1=O.O=c1ccc2ccccc2o1.c1cc2ccc3cccc4ccc(c1)c2c34. The Balaban J connectivity index is 0.000000109. The third kappa shape index (κ3) is 4.88. The van der Waals surface area contributed by atoms with Crippen LogP contribution in [0.1, 0.15) is 5.56 Å². The molecule has 0 aliphatic carbocycles. The van der Waals surface area contributed by atoms with Crippen LogP contribution in [0.25, 0.3) is 54.3 Å². The standard InChI is InChI=1S/C16H10.C10H8O2.C9H6O2/c1-3-11-7-9-13-5-2-6-14-10-8-12(4-1)15(11)16(13)14;1-7-6-8-4-2-3-5-9(8)12-10(7)11;10-9-6-5-7-3-1-2-4-8(7)11-9/h1-10H;2-6H,1H3;1-6H. The van der Waals surface area contributed by atoms with Gasteiger partial charge < -0.3 is 8.83 Å². The van der Waals surface area contributed by atoms with E-state index in [0.717, 1.165) is 10.8 Å². The molecular formula is C35H24O4. The van der Waals surface area contributed by atoms with E-state index in [-0.39, 0.29) is 11.3 Å². The summed E-state index contributed by atoms with van der Waals surface area (Å²) >= 11 is 0. The minimum absolute atomic E-state index is 0.256. The predicted octanol–water partition coefficient (Wildman–Crippen LogP) is 8.48. The predicted molar refractivity (Wildman–Crippen MR) is 160 cm³/mol. The lowest BCUT2D eigenvalue weighted by atomic mass is 9.95. The number of hydrogen-bond acceptors (Lipinski definition) is 4. The van der Waals surface area contributed by atoms with Crippen LogP contribution in [-0.2, 0) is 0 Å². The fourth-order valence-corrected chi connectivity index (χ4v) is 4.85. The van der Waals surface area contributed by atoms with Crippen LogP contribution in [-0.4, -0.2) is 0 Å². The molecule has 8 aromatic rings. The minimum Gasteiger partial charge on any atom is -0.423 e. The molecule has 4 nitrogen and oxygen atoms in total. The number of benzene rings is 6. The first-order valence-electron chi connectivity index (χ1n) is 12.7. The second kappa shape index (κ2) is 10.3. The van der Waals surface area contributed by atoms with Crippen molar-refractivity contribution in [1.82, 2.24) is 0 Å². The van der Waals surface area contributed by atoms with E-state index in [1.165, 1.54) is 38.4 Å². The molecule has 0 amide bonds. The summed E-state index contributed by atoms with van der Waals surface area (Å²) in [5.41, 5.74) is 1.37. The molecule has 0 saturated heterocycles. The van der Waals surface area contributed by atoms with E-state index in [1.54, 1.807) is 25.1 Å². The Morgan fingerprint density at radius 2 is 0.872 bits per heavy atom. The lowest BCUT2D eigenvalue weighted by Gasteiger charge is -2.09. The van der Waals surface area contributed by atoms with Crippen molar-refractivity contribution >= 4 is 54.3 Å². The largest absolute Gasteiger partial charge is 0.423 e. The van der Waals surface area contributed by atoms with Gasteiger partial charge in [-0.25, -0.2) is 9.59 Å². The monoisotopic (exact) mass is 508 g/mol. The maximum atomic E-state index is 11.1. The number of rotatable bonds is 0. The molecule has 0 radical (unpaired) electrons. The van der Waals surface area contributed by atoms with Crippen molar-refractivity contribution in [2.75, 3.05) is 0 Å². The summed E-state index contributed by atoms with van der Waals surface area (Å²) in [6.45, 7) is 1.75. The summed E-state index contributed by atoms with van der Waals surface area (Å²) in [6, 6.07) is 41.8. The van der Waals surface area contributed by atoms with E-state index in [2.05, 4.69) is 60.7 Å². The molecule has 188 valence electrons. The molecule has 0 N–H and O–H groups in total. The van der Waals surface area contributed by atoms with Crippen LogP contribution >= 0.6 is 0 Å². The average molecular weight is 509 g/mol. The molecule has 0 bridgehead atoms. The number of fused-ring (bicyclic) bond motifs is 2. The highest BCUT2D eigenvalue weighted by molar-refractivity contribution is 6.22. The Morgan fingerprint density at radius 3 is 1.44 bits per heavy atom. The van der Waals surface area contributed by atoms with Crippen LogP contribution in [0, 0.1) is 6.92 Å². The van der Waals surface area contributed by atoms with Gasteiger partial charge in [-0.05, 0) is 63.5 Å². The van der Waals surface area contributed by atoms with Crippen molar-refractivity contribution in [1.29, 1.82) is 0 Å². The van der Waals surface area contributed by atoms with Gasteiger partial charge in [0.05, 0.1) is 0 Å². The van der Waals surface area contributed by atoms with Gasteiger partial charge in [-0.3, -0.25) is 0 Å². The van der Waals surface area contributed by atoms with Gasteiger partial charge in [0.25, 0.3) is 0 Å². The van der Waals surface area contributed by atoms with Crippen molar-refractivity contribution < 1.29 is 8.83 Å². The Bertz CT molecular complexity index is 2060. The van der Waals surface area contributed by atoms with Gasteiger partial charge in [0.2, 0.25) is 0 Å². The topological polar surface area (TPSA) is 60.4 Å². The van der Waals surface area contributed by atoms with Crippen LogP contribution in [0.3, 0.4) is 0 Å². The van der Waals surface area contributed by atoms with E-state index in [9.17, 15) is 9.59 Å². The van der Waals surface area contributed by atoms with E-state index in [4.69, 9.17) is 8.83 Å². The van der Waals surface area contributed by atoms with E-state index in [1.807, 2.05) is 42.5 Å². The zero-order valence-corrected chi connectivity index (χ0v) is 21.3. The quantitative estimate of drug-likeness (QED) is 0.152. The number of para-hydroxylation sites is 2. The van der Waals surface area contributed by atoms with Gasteiger partial charge in [-0.15, -0.1) is 0 Å². The fraction of sp³-hybridized carbons (Fsp3) is 0.0286. The molecule has 0 aliphatic rings. The molecule has 4 heteroatoms. The fourth-order valence-electron chi connectivity index (χ4n) is 4.85. The Hall–Kier alpha value is -5.22. The van der Waals surface area contributed by atoms with Crippen LogP contribution < -0.4 is 11.3 Å². The normalized spacial score (nSPS) is 10.9. The van der Waals surface area contributed by atoms with E-state index >= 15 is 0 Å². The summed E-state index contributed by atoms with van der Waals surface area (Å²) in [6.07, 6.45) is 0. The highest BCUT2D eigenvalue weighted by Gasteiger charge is 2.06. The molecule has 6 aromatic carbocycles. The Morgan fingerprint density at radius 1 is 0.436 bits per heavy atom. The molecular weight excluding hydrogens is 484 g/mol. The first kappa shape index (κ1) is 24.1. The summed E-state index contributed by atoms with van der Waals surface area (Å²) < 4.78 is 9.94. The van der Waals surface area contributed by atoms with Crippen molar-refractivity contribution in [2.45, 2.75) is 6.92 Å². The molecule has 0 spiro atoms. The van der Waals surface area contributed by atoms with Gasteiger partial charge in [-0.2, -0.15) is 0 Å². The first-order valence-corrected chi connectivity index (χ1v) is 12.7. The van der Waals surface area contributed by atoms with Crippen LogP contribution in [0.2, 0.25) is 0 Å². The molecule has 0 aliphatic heterocycles. The molecule has 0 fully saturated rings. The summed E-state index contributed by atoms with van der Waals surface area (Å²) in [7, 11) is 0. The van der Waals surface area contributed by atoms with Gasteiger partial charge in [0.15, 0.2) is 0 Å². The van der Waals surface area contributed by atoms with Crippen LogP contribution in [0.15, 0.2) is 146 Å². The second-order valence-corrected chi connectivity index (χ2v) is 9.34. The average Bonchev–Trinajstić information content (AvgIpc) is 2.97. The molecule has 0 atom stereocenters. The molecule has 39 heavy (non-hydrogen) atoms. The third-order valence-corrected chi connectivity index (χ3v) is 6.74. The van der Waals surface area contributed by atoms with Crippen molar-refractivity contribution in [3.63, 3.8) is 0 Å². The van der Waals surface area contributed by atoms with E-state index < -0.39 is 0 Å². The van der Waals surface area contributed by atoms with E-state index in [0.29, 0.717) is 16.7 Å². The first-order chi connectivity index (χ1) is 19.1. The van der Waals surface area contributed by atoms with Gasteiger partial charge >= 0.3 is 11.3 Å². The zero-order chi connectivity index (χ0) is 26.8. The number of hydrogen-bond donors (Lipinski definition) is 0. The molecule has 8 rings (SSSR count). The Kier molecular flexibility index (Phi) is 6.36. The second-order valence-electron chi connectivity index (χ2n) is 9.34. The van der Waals surface area contributed by atoms with Gasteiger partial charge in [-0.1, -0.05) is 97.1 Å². The highest BCUT2D eigenvalue weighted by Crippen LogP contribution is 2.33. The maximum Gasteiger partial charge on any atom is 0.339 e. The minimum atomic E-state index is -0.302. The molecule has 0 unspecified atom stereocenters. The van der Waals surface area contributed by atoms with Crippen molar-refractivity contribution in [2.24, 2.45) is 0 Å². The van der Waals surface area contributed by atoms with Crippen molar-refractivity contribution in [3.8, 4) is 0 Å². The lowest BCUT2D eigenvalue weighted by Crippen LogP contribution is -2.01. The zero-order valence-electron chi connectivity index (χ0n) is 21.3.